The first-order valence-corrected chi connectivity index (χ1v) is 8.67. The summed E-state index contributed by atoms with van der Waals surface area (Å²) in [5.41, 5.74) is 8.33. The molecule has 0 aliphatic carbocycles. The summed E-state index contributed by atoms with van der Waals surface area (Å²) >= 11 is 7.54. The second-order valence-corrected chi connectivity index (χ2v) is 7.06. The van der Waals surface area contributed by atoms with Gasteiger partial charge in [-0.1, -0.05) is 23.4 Å². The predicted octanol–water partition coefficient (Wildman–Crippen LogP) is 4.36. The van der Waals surface area contributed by atoms with Crippen molar-refractivity contribution in [1.29, 1.82) is 0 Å². The second kappa shape index (κ2) is 7.38. The molecule has 0 fully saturated rings. The fraction of sp³-hybridized carbons (Fsp3) is 0.167. The van der Waals surface area contributed by atoms with Gasteiger partial charge in [0.1, 0.15) is 12.0 Å². The van der Waals surface area contributed by atoms with Crippen molar-refractivity contribution in [1.82, 2.24) is 10.3 Å². The molecule has 1 aliphatic heterocycles. The minimum Gasteiger partial charge on any atom is -0.370 e. The first-order valence-electron chi connectivity index (χ1n) is 7.48. The first kappa shape index (κ1) is 17.0. The van der Waals surface area contributed by atoms with Gasteiger partial charge in [-0.2, -0.15) is 0 Å². The summed E-state index contributed by atoms with van der Waals surface area (Å²) in [6, 6.07) is 7.65. The number of halogens is 2. The van der Waals surface area contributed by atoms with Gasteiger partial charge in [0.15, 0.2) is 0 Å². The molecular formula is C18H17ClFN3S. The Morgan fingerprint density at radius 2 is 2.04 bits per heavy atom. The molecule has 6 heteroatoms. The van der Waals surface area contributed by atoms with E-state index in [1.165, 1.54) is 0 Å². The van der Waals surface area contributed by atoms with Crippen LogP contribution in [0.15, 0.2) is 70.1 Å². The van der Waals surface area contributed by atoms with E-state index in [1.54, 1.807) is 30.2 Å². The van der Waals surface area contributed by atoms with E-state index in [-0.39, 0.29) is 5.83 Å². The molecule has 24 heavy (non-hydrogen) atoms. The zero-order chi connectivity index (χ0) is 17.1. The first-order chi connectivity index (χ1) is 11.5. The molecule has 0 spiro atoms. The van der Waals surface area contributed by atoms with Crippen LogP contribution in [0.1, 0.15) is 11.1 Å². The number of nitrogens with zero attached hydrogens (tertiary/aromatic N) is 1. The van der Waals surface area contributed by atoms with Gasteiger partial charge in [0.2, 0.25) is 0 Å². The summed E-state index contributed by atoms with van der Waals surface area (Å²) in [6.07, 6.45) is 6.70. The molecule has 1 aromatic carbocycles. The molecule has 0 bridgehead atoms. The van der Waals surface area contributed by atoms with Gasteiger partial charge in [-0.25, -0.2) is 4.39 Å². The normalized spacial score (nSPS) is 17.1. The highest BCUT2D eigenvalue weighted by Crippen LogP contribution is 2.32. The minimum atomic E-state index is -0.773. The van der Waals surface area contributed by atoms with Gasteiger partial charge in [-0.05, 0) is 60.2 Å². The maximum Gasteiger partial charge on any atom is 0.140 e. The maximum atomic E-state index is 14.1. The molecule has 2 heterocycles. The number of rotatable bonds is 4. The van der Waals surface area contributed by atoms with Gasteiger partial charge in [-0.3, -0.25) is 4.98 Å². The molecule has 3 N–H and O–H groups in total. The number of hydrogen-bond acceptors (Lipinski definition) is 4. The zero-order valence-corrected chi connectivity index (χ0v) is 14.7. The molecule has 0 amide bonds. The Kier molecular flexibility index (Phi) is 5.23. The molecular weight excluding hydrogens is 345 g/mol. The van der Waals surface area contributed by atoms with Crippen LogP contribution in [0.2, 0.25) is 5.02 Å². The quantitative estimate of drug-likeness (QED) is 0.849. The summed E-state index contributed by atoms with van der Waals surface area (Å²) in [7, 11) is 0. The van der Waals surface area contributed by atoms with Crippen LogP contribution in [-0.4, -0.2) is 11.1 Å². The molecule has 0 radical (unpaired) electrons. The average Bonchev–Trinajstić information content (AvgIpc) is 2.57. The van der Waals surface area contributed by atoms with Gasteiger partial charge in [0, 0.05) is 33.6 Å². The third-order valence-corrected chi connectivity index (χ3v) is 5.23. The Morgan fingerprint density at radius 1 is 1.29 bits per heavy atom. The minimum absolute atomic E-state index is 0.326. The van der Waals surface area contributed by atoms with Crippen molar-refractivity contribution >= 4 is 23.4 Å². The highest BCUT2D eigenvalue weighted by atomic mass is 35.5. The van der Waals surface area contributed by atoms with E-state index in [4.69, 9.17) is 17.3 Å². The smallest absolute Gasteiger partial charge is 0.140 e. The Balaban J connectivity index is 1.84. The standard InChI is InChI=1S/C18H17ClFN3S/c1-11-13(8-12-6-7-23-18(21)17(12)20)9-22-10-16(11)24-15-4-2-14(19)3-5-15/h2-7,9-10,18,23H,8,21H2,1H3. The fourth-order valence-electron chi connectivity index (χ4n) is 2.41. The molecule has 2 aromatic rings. The molecule has 0 saturated carbocycles. The van der Waals surface area contributed by atoms with Crippen molar-refractivity contribution in [2.24, 2.45) is 5.73 Å². The third-order valence-electron chi connectivity index (χ3n) is 3.84. The summed E-state index contributed by atoms with van der Waals surface area (Å²) < 4.78 is 14.1. The van der Waals surface area contributed by atoms with Crippen molar-refractivity contribution < 1.29 is 4.39 Å². The Morgan fingerprint density at radius 3 is 2.79 bits per heavy atom. The number of pyridine rings is 1. The number of nitrogens with one attached hydrogen (secondary N) is 1. The Hall–Kier alpha value is -1.82. The van der Waals surface area contributed by atoms with Gasteiger partial charge in [0.05, 0.1) is 0 Å². The Bertz CT molecular complexity index is 802. The lowest BCUT2D eigenvalue weighted by Gasteiger charge is -2.18. The topological polar surface area (TPSA) is 50.9 Å². The number of allylic oxidation sites excluding steroid dienone is 2. The fourth-order valence-corrected chi connectivity index (χ4v) is 3.46. The largest absolute Gasteiger partial charge is 0.370 e. The average molecular weight is 362 g/mol. The van der Waals surface area contributed by atoms with Crippen molar-refractivity contribution in [2.75, 3.05) is 0 Å². The SMILES string of the molecule is Cc1c(CC2=C(F)C(N)NC=C2)cncc1Sc1ccc(Cl)cc1. The van der Waals surface area contributed by atoms with Crippen LogP contribution in [0.4, 0.5) is 4.39 Å². The molecule has 1 aliphatic rings. The predicted molar refractivity (Wildman–Crippen MR) is 96.6 cm³/mol. The van der Waals surface area contributed by atoms with Crippen molar-refractivity contribution in [3.8, 4) is 0 Å². The number of nitrogens with two attached hydrogens (primary N) is 1. The molecule has 1 unspecified atom stereocenters. The van der Waals surface area contributed by atoms with Crippen LogP contribution in [-0.2, 0) is 6.42 Å². The number of aromatic nitrogens is 1. The number of dihydropyridines is 1. The van der Waals surface area contributed by atoms with Crippen molar-refractivity contribution in [2.45, 2.75) is 29.3 Å². The third kappa shape index (κ3) is 3.80. The molecule has 0 saturated heterocycles. The van der Waals surface area contributed by atoms with Crippen LogP contribution in [0.5, 0.6) is 0 Å². The van der Waals surface area contributed by atoms with Crippen LogP contribution < -0.4 is 11.1 Å². The van der Waals surface area contributed by atoms with Gasteiger partial charge < -0.3 is 11.1 Å². The lowest BCUT2D eigenvalue weighted by molar-refractivity contribution is 0.496. The summed E-state index contributed by atoms with van der Waals surface area (Å²) in [5, 5.41) is 3.45. The van der Waals surface area contributed by atoms with E-state index >= 15 is 0 Å². The van der Waals surface area contributed by atoms with Crippen molar-refractivity contribution in [3.05, 3.63) is 76.5 Å². The summed E-state index contributed by atoms with van der Waals surface area (Å²) in [6.45, 7) is 2.03. The van der Waals surface area contributed by atoms with Crippen LogP contribution in [0, 0.1) is 6.92 Å². The molecule has 3 nitrogen and oxygen atoms in total. The highest BCUT2D eigenvalue weighted by Gasteiger charge is 2.17. The second-order valence-electron chi connectivity index (χ2n) is 5.51. The summed E-state index contributed by atoms with van der Waals surface area (Å²) in [4.78, 5) is 6.42. The number of benzene rings is 1. The lowest BCUT2D eigenvalue weighted by Crippen LogP contribution is -2.37. The van der Waals surface area contributed by atoms with Gasteiger partial charge in [-0.15, -0.1) is 0 Å². The van der Waals surface area contributed by atoms with E-state index in [1.807, 2.05) is 37.4 Å². The highest BCUT2D eigenvalue weighted by molar-refractivity contribution is 7.99. The van der Waals surface area contributed by atoms with Crippen molar-refractivity contribution in [3.63, 3.8) is 0 Å². The molecule has 1 aromatic heterocycles. The maximum absolute atomic E-state index is 14.1. The lowest BCUT2D eigenvalue weighted by atomic mass is 10.0. The molecule has 3 rings (SSSR count). The Labute approximate surface area is 149 Å². The van der Waals surface area contributed by atoms with Gasteiger partial charge in [0.25, 0.3) is 0 Å². The van der Waals surface area contributed by atoms with E-state index in [0.29, 0.717) is 17.0 Å². The monoisotopic (exact) mass is 361 g/mol. The summed E-state index contributed by atoms with van der Waals surface area (Å²) in [5.74, 6) is -0.326. The molecule has 1 atom stereocenters. The van der Waals surface area contributed by atoms with Gasteiger partial charge >= 0.3 is 0 Å². The molecule has 124 valence electrons. The van der Waals surface area contributed by atoms with Crippen LogP contribution >= 0.6 is 23.4 Å². The van der Waals surface area contributed by atoms with Crippen LogP contribution in [0.3, 0.4) is 0 Å². The van der Waals surface area contributed by atoms with Crippen LogP contribution in [0.25, 0.3) is 0 Å². The zero-order valence-electron chi connectivity index (χ0n) is 13.1. The van der Waals surface area contributed by atoms with E-state index in [0.717, 1.165) is 20.9 Å². The van der Waals surface area contributed by atoms with E-state index in [2.05, 4.69) is 10.3 Å². The number of hydrogen-bond donors (Lipinski definition) is 2. The van der Waals surface area contributed by atoms with E-state index < -0.39 is 6.17 Å². The van der Waals surface area contributed by atoms with E-state index in [9.17, 15) is 4.39 Å².